The van der Waals surface area contributed by atoms with Crippen LogP contribution in [0.15, 0.2) is 36.7 Å². The van der Waals surface area contributed by atoms with Crippen molar-refractivity contribution in [2.24, 2.45) is 0 Å². The first kappa shape index (κ1) is 14.4. The van der Waals surface area contributed by atoms with E-state index in [1.165, 1.54) is 24.5 Å². The fourth-order valence-electron chi connectivity index (χ4n) is 2.11. The number of morpholine rings is 1. The Bertz CT molecular complexity index is 640. The predicted molar refractivity (Wildman–Crippen MR) is 78.4 cm³/mol. The topological polar surface area (TPSA) is 67.4 Å². The highest BCUT2D eigenvalue weighted by atomic mass is 19.1. The minimum absolute atomic E-state index is 0.149. The van der Waals surface area contributed by atoms with Crippen LogP contribution in [-0.2, 0) is 4.74 Å². The van der Waals surface area contributed by atoms with Gasteiger partial charge in [0.1, 0.15) is 17.3 Å². The van der Waals surface area contributed by atoms with Gasteiger partial charge in [-0.2, -0.15) is 0 Å². The van der Waals surface area contributed by atoms with Crippen LogP contribution in [0.3, 0.4) is 0 Å². The van der Waals surface area contributed by atoms with Crippen LogP contribution in [0.25, 0.3) is 0 Å². The van der Waals surface area contributed by atoms with Gasteiger partial charge in [0.2, 0.25) is 0 Å². The first-order valence-corrected chi connectivity index (χ1v) is 6.94. The third-order valence-corrected chi connectivity index (χ3v) is 3.29. The Morgan fingerprint density at radius 2 is 1.86 bits per heavy atom. The number of nitrogens with one attached hydrogen (secondary N) is 1. The summed E-state index contributed by atoms with van der Waals surface area (Å²) < 4.78 is 18.1. The lowest BCUT2D eigenvalue weighted by molar-refractivity contribution is 0.0298. The van der Waals surface area contributed by atoms with Crippen LogP contribution in [0.5, 0.6) is 0 Å². The second-order valence-corrected chi connectivity index (χ2v) is 4.82. The smallest absolute Gasteiger partial charge is 0.274 e. The Balaban J connectivity index is 1.66. The molecule has 0 atom stereocenters. The molecular formula is C15H15FN4O2. The van der Waals surface area contributed by atoms with Gasteiger partial charge >= 0.3 is 0 Å². The monoisotopic (exact) mass is 302 g/mol. The molecule has 2 heterocycles. The molecule has 0 saturated carbocycles. The predicted octanol–water partition coefficient (Wildman–Crippen LogP) is 1.83. The van der Waals surface area contributed by atoms with Crippen LogP contribution >= 0.6 is 0 Å². The van der Waals surface area contributed by atoms with E-state index >= 15 is 0 Å². The van der Waals surface area contributed by atoms with Gasteiger partial charge in [-0.05, 0) is 24.3 Å². The Hall–Kier alpha value is -2.54. The Labute approximate surface area is 126 Å². The number of nitrogens with zero attached hydrogens (tertiary/aromatic N) is 3. The zero-order valence-electron chi connectivity index (χ0n) is 11.8. The first-order chi connectivity index (χ1) is 10.7. The summed E-state index contributed by atoms with van der Waals surface area (Å²) in [5.74, 6) is 0.0392. The van der Waals surface area contributed by atoms with E-state index < -0.39 is 0 Å². The quantitative estimate of drug-likeness (QED) is 0.937. The molecule has 0 unspecified atom stereocenters. The van der Waals surface area contributed by atoms with Crippen LogP contribution in [-0.4, -0.2) is 47.1 Å². The van der Waals surface area contributed by atoms with Gasteiger partial charge in [-0.25, -0.2) is 14.4 Å². The van der Waals surface area contributed by atoms with Crippen molar-refractivity contribution in [2.45, 2.75) is 0 Å². The van der Waals surface area contributed by atoms with E-state index in [1.807, 2.05) is 0 Å². The molecule has 1 aliphatic heterocycles. The lowest BCUT2D eigenvalue weighted by atomic mass is 10.3. The van der Waals surface area contributed by atoms with E-state index in [2.05, 4.69) is 15.3 Å². The van der Waals surface area contributed by atoms with E-state index in [0.717, 1.165) is 0 Å². The summed E-state index contributed by atoms with van der Waals surface area (Å²) >= 11 is 0. The Morgan fingerprint density at radius 3 is 2.50 bits per heavy atom. The van der Waals surface area contributed by atoms with E-state index in [9.17, 15) is 9.18 Å². The average molecular weight is 302 g/mol. The molecular weight excluding hydrogens is 287 g/mol. The molecule has 114 valence electrons. The minimum atomic E-state index is -0.303. The van der Waals surface area contributed by atoms with Crippen LogP contribution in [0.4, 0.5) is 15.9 Å². The number of benzene rings is 1. The molecule has 6 nitrogen and oxygen atoms in total. The van der Waals surface area contributed by atoms with Crippen molar-refractivity contribution in [1.82, 2.24) is 14.9 Å². The van der Waals surface area contributed by atoms with Gasteiger partial charge in [-0.15, -0.1) is 0 Å². The van der Waals surface area contributed by atoms with Crippen molar-refractivity contribution in [3.8, 4) is 0 Å². The molecule has 2 aromatic rings. The van der Waals surface area contributed by atoms with Gasteiger partial charge < -0.3 is 15.0 Å². The summed E-state index contributed by atoms with van der Waals surface area (Å²) in [4.78, 5) is 22.2. The number of aromatic nitrogens is 2. The van der Waals surface area contributed by atoms with E-state index in [0.29, 0.717) is 43.5 Å². The van der Waals surface area contributed by atoms with E-state index in [1.54, 1.807) is 17.0 Å². The number of rotatable bonds is 3. The van der Waals surface area contributed by atoms with E-state index in [-0.39, 0.29) is 11.7 Å². The first-order valence-electron chi connectivity index (χ1n) is 6.94. The van der Waals surface area contributed by atoms with Gasteiger partial charge in [-0.3, -0.25) is 4.79 Å². The highest BCUT2D eigenvalue weighted by molar-refractivity contribution is 5.92. The van der Waals surface area contributed by atoms with Crippen molar-refractivity contribution in [1.29, 1.82) is 0 Å². The number of hydrogen-bond acceptors (Lipinski definition) is 5. The lowest BCUT2D eigenvalue weighted by Crippen LogP contribution is -2.41. The average Bonchev–Trinajstić information content (AvgIpc) is 2.58. The SMILES string of the molecule is O=C(c1cnc(Nc2ccc(F)cc2)cn1)N1CCOCC1. The molecule has 1 aromatic carbocycles. The second-order valence-electron chi connectivity index (χ2n) is 4.82. The lowest BCUT2D eigenvalue weighted by Gasteiger charge is -2.26. The molecule has 1 aliphatic rings. The molecule has 22 heavy (non-hydrogen) atoms. The van der Waals surface area contributed by atoms with Crippen molar-refractivity contribution in [2.75, 3.05) is 31.6 Å². The highest BCUT2D eigenvalue weighted by Crippen LogP contribution is 2.14. The molecule has 1 amide bonds. The number of carbonyl (C=O) groups excluding carboxylic acids is 1. The van der Waals surface area contributed by atoms with Crippen molar-refractivity contribution >= 4 is 17.4 Å². The van der Waals surface area contributed by atoms with Gasteiger partial charge in [0.15, 0.2) is 0 Å². The maximum absolute atomic E-state index is 12.8. The molecule has 0 aliphatic carbocycles. The number of ether oxygens (including phenoxy) is 1. The third-order valence-electron chi connectivity index (χ3n) is 3.29. The maximum atomic E-state index is 12.8. The van der Waals surface area contributed by atoms with Crippen LogP contribution < -0.4 is 5.32 Å². The zero-order chi connectivity index (χ0) is 15.4. The van der Waals surface area contributed by atoms with Crippen LogP contribution in [0, 0.1) is 5.82 Å². The van der Waals surface area contributed by atoms with Crippen LogP contribution in [0.2, 0.25) is 0 Å². The Kier molecular flexibility index (Phi) is 4.24. The van der Waals surface area contributed by atoms with Gasteiger partial charge in [0, 0.05) is 18.8 Å². The number of carbonyl (C=O) groups is 1. The largest absolute Gasteiger partial charge is 0.378 e. The second kappa shape index (κ2) is 6.48. The number of amides is 1. The molecule has 1 saturated heterocycles. The molecule has 0 bridgehead atoms. The summed E-state index contributed by atoms with van der Waals surface area (Å²) in [7, 11) is 0. The number of halogens is 1. The fraction of sp³-hybridized carbons (Fsp3) is 0.267. The standard InChI is InChI=1S/C15H15FN4O2/c16-11-1-3-12(4-2-11)19-14-10-17-13(9-18-14)15(21)20-5-7-22-8-6-20/h1-4,9-10H,5-8H2,(H,18,19). The molecule has 0 radical (unpaired) electrons. The normalized spacial score (nSPS) is 14.7. The van der Waals surface area contributed by atoms with Crippen LogP contribution in [0.1, 0.15) is 10.5 Å². The molecule has 1 N–H and O–H groups in total. The summed E-state index contributed by atoms with van der Waals surface area (Å²) in [6.45, 7) is 2.22. The van der Waals surface area contributed by atoms with Gasteiger partial charge in [0.05, 0.1) is 25.6 Å². The summed E-state index contributed by atoms with van der Waals surface area (Å²) in [5, 5.41) is 2.99. The Morgan fingerprint density at radius 1 is 1.14 bits per heavy atom. The molecule has 3 rings (SSSR count). The summed E-state index contributed by atoms with van der Waals surface area (Å²) in [6, 6.07) is 5.91. The number of hydrogen-bond donors (Lipinski definition) is 1. The fourth-order valence-corrected chi connectivity index (χ4v) is 2.11. The summed E-state index contributed by atoms with van der Waals surface area (Å²) in [6.07, 6.45) is 2.92. The van der Waals surface area contributed by atoms with Crippen molar-refractivity contribution in [3.05, 3.63) is 48.2 Å². The van der Waals surface area contributed by atoms with Gasteiger partial charge in [-0.1, -0.05) is 0 Å². The number of anilines is 2. The molecule has 7 heteroatoms. The third kappa shape index (κ3) is 3.37. The van der Waals surface area contributed by atoms with E-state index in [4.69, 9.17) is 4.74 Å². The molecule has 1 aromatic heterocycles. The van der Waals surface area contributed by atoms with Crippen molar-refractivity contribution < 1.29 is 13.9 Å². The molecule has 1 fully saturated rings. The highest BCUT2D eigenvalue weighted by Gasteiger charge is 2.19. The zero-order valence-corrected chi connectivity index (χ0v) is 11.8. The molecule has 0 spiro atoms. The maximum Gasteiger partial charge on any atom is 0.274 e. The van der Waals surface area contributed by atoms with Crippen molar-refractivity contribution in [3.63, 3.8) is 0 Å². The minimum Gasteiger partial charge on any atom is -0.378 e. The van der Waals surface area contributed by atoms with Gasteiger partial charge in [0.25, 0.3) is 5.91 Å². The summed E-state index contributed by atoms with van der Waals surface area (Å²) in [5.41, 5.74) is 0.995.